The minimum Gasteiger partial charge on any atom is -0.298 e. The fourth-order valence-electron chi connectivity index (χ4n) is 2.80. The van der Waals surface area contributed by atoms with Gasteiger partial charge in [0.1, 0.15) is 0 Å². The summed E-state index contributed by atoms with van der Waals surface area (Å²) < 4.78 is 2.11. The van der Waals surface area contributed by atoms with Gasteiger partial charge in [0.25, 0.3) is 5.69 Å². The molecule has 0 unspecified atom stereocenters. The number of carbonyl (C=O) groups excluding carboxylic acids is 1. The molecule has 138 valence electrons. The molecule has 1 saturated carbocycles. The van der Waals surface area contributed by atoms with Gasteiger partial charge in [-0.1, -0.05) is 30.0 Å². The van der Waals surface area contributed by atoms with E-state index in [1.807, 2.05) is 17.5 Å². The van der Waals surface area contributed by atoms with Crippen molar-refractivity contribution in [1.29, 1.82) is 0 Å². The van der Waals surface area contributed by atoms with E-state index in [-0.39, 0.29) is 17.2 Å². The second-order valence-corrected chi connectivity index (χ2v) is 8.25. The van der Waals surface area contributed by atoms with E-state index < -0.39 is 4.92 Å². The van der Waals surface area contributed by atoms with Crippen molar-refractivity contribution in [2.45, 2.75) is 31.0 Å². The molecule has 1 fully saturated rings. The van der Waals surface area contributed by atoms with Gasteiger partial charge >= 0.3 is 0 Å². The Bertz CT molecular complexity index is 1010. The molecule has 7 nitrogen and oxygen atoms in total. The molecule has 0 bridgehead atoms. The quantitative estimate of drug-likeness (QED) is 0.250. The molecule has 0 spiro atoms. The fourth-order valence-corrected chi connectivity index (χ4v) is 4.41. The number of thioether (sulfide) groups is 1. The number of hydrogen-bond donors (Lipinski definition) is 0. The van der Waals surface area contributed by atoms with Crippen LogP contribution in [-0.4, -0.2) is 31.2 Å². The lowest BCUT2D eigenvalue weighted by molar-refractivity contribution is -0.385. The molecule has 3 aromatic rings. The van der Waals surface area contributed by atoms with Crippen LogP contribution in [0.4, 0.5) is 5.69 Å². The van der Waals surface area contributed by atoms with Crippen molar-refractivity contribution in [3.63, 3.8) is 0 Å². The molecule has 2 aromatic heterocycles. The second-order valence-electron chi connectivity index (χ2n) is 6.35. The zero-order valence-corrected chi connectivity index (χ0v) is 16.1. The van der Waals surface area contributed by atoms with Gasteiger partial charge in [-0.2, -0.15) is 0 Å². The van der Waals surface area contributed by atoms with Crippen LogP contribution >= 0.6 is 23.1 Å². The van der Waals surface area contributed by atoms with Crippen molar-refractivity contribution >= 4 is 34.6 Å². The molecule has 0 radical (unpaired) electrons. The largest absolute Gasteiger partial charge is 0.298 e. The van der Waals surface area contributed by atoms with Crippen LogP contribution in [0, 0.1) is 17.0 Å². The van der Waals surface area contributed by atoms with Crippen molar-refractivity contribution in [3.8, 4) is 10.7 Å². The fraction of sp³-hybridized carbons (Fsp3) is 0.278. The number of rotatable bonds is 7. The van der Waals surface area contributed by atoms with Gasteiger partial charge in [0.15, 0.2) is 16.8 Å². The first kappa shape index (κ1) is 17.9. The van der Waals surface area contributed by atoms with Crippen molar-refractivity contribution in [2.24, 2.45) is 0 Å². The van der Waals surface area contributed by atoms with Gasteiger partial charge in [0.05, 0.1) is 15.6 Å². The number of benzene rings is 1. The van der Waals surface area contributed by atoms with Gasteiger partial charge in [-0.15, -0.1) is 21.5 Å². The predicted octanol–water partition coefficient (Wildman–Crippen LogP) is 4.53. The third-order valence-electron chi connectivity index (χ3n) is 4.38. The highest BCUT2D eigenvalue weighted by atomic mass is 32.2. The van der Waals surface area contributed by atoms with Gasteiger partial charge in [0, 0.05) is 23.2 Å². The molecule has 1 aliphatic rings. The Balaban J connectivity index is 1.53. The number of ketones is 1. The molecule has 0 aliphatic heterocycles. The smallest absolute Gasteiger partial charge is 0.273 e. The molecule has 0 N–H and O–H groups in total. The first-order chi connectivity index (χ1) is 13.0. The number of aromatic nitrogens is 3. The highest BCUT2D eigenvalue weighted by molar-refractivity contribution is 7.99. The number of hydrogen-bond acceptors (Lipinski definition) is 7. The van der Waals surface area contributed by atoms with E-state index in [0.29, 0.717) is 17.2 Å². The Kier molecular flexibility index (Phi) is 4.79. The summed E-state index contributed by atoms with van der Waals surface area (Å²) in [6.45, 7) is 1.66. The lowest BCUT2D eigenvalue weighted by atomic mass is 10.1. The summed E-state index contributed by atoms with van der Waals surface area (Å²) in [7, 11) is 0. The molecule has 0 atom stereocenters. The normalized spacial score (nSPS) is 13.7. The number of nitrogens with zero attached hydrogens (tertiary/aromatic N) is 4. The molecule has 1 aliphatic carbocycles. The molecule has 9 heteroatoms. The Morgan fingerprint density at radius 1 is 1.37 bits per heavy atom. The summed E-state index contributed by atoms with van der Waals surface area (Å²) in [5.74, 6) is 0.842. The molecular formula is C18H16N4O3S2. The van der Waals surface area contributed by atoms with Crippen molar-refractivity contribution < 1.29 is 9.72 Å². The van der Waals surface area contributed by atoms with E-state index in [0.717, 1.165) is 28.7 Å². The minimum absolute atomic E-state index is 0.0352. The van der Waals surface area contributed by atoms with Crippen LogP contribution in [0.2, 0.25) is 0 Å². The molecule has 0 saturated heterocycles. The summed E-state index contributed by atoms with van der Waals surface area (Å²) in [4.78, 5) is 24.2. The zero-order chi connectivity index (χ0) is 19.0. The van der Waals surface area contributed by atoms with Crippen LogP contribution in [0.1, 0.15) is 34.8 Å². The van der Waals surface area contributed by atoms with Gasteiger partial charge in [0.2, 0.25) is 0 Å². The lowest BCUT2D eigenvalue weighted by Crippen LogP contribution is -2.06. The molecule has 1 aromatic carbocycles. The van der Waals surface area contributed by atoms with Crippen LogP contribution in [0.5, 0.6) is 0 Å². The third-order valence-corrected chi connectivity index (χ3v) is 6.19. The summed E-state index contributed by atoms with van der Waals surface area (Å²) >= 11 is 2.94. The van der Waals surface area contributed by atoms with Crippen molar-refractivity contribution in [1.82, 2.24) is 14.8 Å². The van der Waals surface area contributed by atoms with Crippen LogP contribution in [0.3, 0.4) is 0 Å². The highest BCUT2D eigenvalue weighted by Crippen LogP contribution is 2.41. The summed E-state index contributed by atoms with van der Waals surface area (Å²) in [5, 5.41) is 22.4. The molecule has 27 heavy (non-hydrogen) atoms. The van der Waals surface area contributed by atoms with Gasteiger partial charge in [-0.05, 0) is 31.2 Å². The number of thiophene rings is 1. The first-order valence-corrected chi connectivity index (χ1v) is 10.3. The maximum absolute atomic E-state index is 12.5. The first-order valence-electron chi connectivity index (χ1n) is 8.44. The monoisotopic (exact) mass is 400 g/mol. The standard InChI is InChI=1S/C18H16N4O3S2/c1-11-4-5-12(9-14(11)22(24)25)15(23)10-27-18-20-19-17(16-3-2-8-26-16)21(18)13-6-7-13/h2-5,8-9,13H,6-7,10H2,1H3. The van der Waals surface area contributed by atoms with E-state index in [2.05, 4.69) is 14.8 Å². The van der Waals surface area contributed by atoms with Crippen LogP contribution < -0.4 is 0 Å². The Morgan fingerprint density at radius 2 is 2.19 bits per heavy atom. The maximum atomic E-state index is 12.5. The van der Waals surface area contributed by atoms with E-state index in [1.165, 1.54) is 17.8 Å². The van der Waals surface area contributed by atoms with Crippen LogP contribution in [-0.2, 0) is 0 Å². The number of nitro benzene ring substituents is 1. The number of nitro groups is 1. The van der Waals surface area contributed by atoms with Crippen molar-refractivity contribution in [2.75, 3.05) is 5.75 Å². The molecule has 2 heterocycles. The molecule has 4 rings (SSSR count). The second kappa shape index (κ2) is 7.24. The summed E-state index contributed by atoms with van der Waals surface area (Å²) in [6.07, 6.45) is 2.17. The average Bonchev–Trinajstić information content (AvgIpc) is 3.18. The summed E-state index contributed by atoms with van der Waals surface area (Å²) in [5.41, 5.74) is 0.848. The van der Waals surface area contributed by atoms with E-state index in [1.54, 1.807) is 30.4 Å². The van der Waals surface area contributed by atoms with E-state index in [4.69, 9.17) is 0 Å². The van der Waals surface area contributed by atoms with Crippen molar-refractivity contribution in [3.05, 3.63) is 57.0 Å². The maximum Gasteiger partial charge on any atom is 0.273 e. The zero-order valence-electron chi connectivity index (χ0n) is 14.5. The number of aryl methyl sites for hydroxylation is 1. The highest BCUT2D eigenvalue weighted by Gasteiger charge is 2.30. The van der Waals surface area contributed by atoms with Gasteiger partial charge < -0.3 is 0 Å². The van der Waals surface area contributed by atoms with E-state index in [9.17, 15) is 14.9 Å². The number of Topliss-reactive ketones (excluding diaryl/α,β-unsaturated/α-hetero) is 1. The lowest BCUT2D eigenvalue weighted by Gasteiger charge is -2.07. The Hall–Kier alpha value is -2.52. The third kappa shape index (κ3) is 3.65. The predicted molar refractivity (Wildman–Crippen MR) is 104 cm³/mol. The average molecular weight is 400 g/mol. The van der Waals surface area contributed by atoms with Crippen LogP contribution in [0.25, 0.3) is 10.7 Å². The summed E-state index contributed by atoms with van der Waals surface area (Å²) in [6, 6.07) is 8.97. The SMILES string of the molecule is Cc1ccc(C(=O)CSc2nnc(-c3cccs3)n2C2CC2)cc1[N+](=O)[O-]. The molecule has 0 amide bonds. The van der Waals surface area contributed by atoms with Gasteiger partial charge in [-0.3, -0.25) is 19.5 Å². The Labute approximate surface area is 163 Å². The topological polar surface area (TPSA) is 90.9 Å². The van der Waals surface area contributed by atoms with E-state index >= 15 is 0 Å². The van der Waals surface area contributed by atoms with Gasteiger partial charge in [-0.25, -0.2) is 0 Å². The minimum atomic E-state index is -0.462. The molecular weight excluding hydrogens is 384 g/mol. The van der Waals surface area contributed by atoms with Crippen LogP contribution in [0.15, 0.2) is 40.9 Å². The Morgan fingerprint density at radius 3 is 2.85 bits per heavy atom. The number of carbonyl (C=O) groups is 1.